The Morgan fingerprint density at radius 1 is 1.37 bits per heavy atom. The van der Waals surface area contributed by atoms with Crippen molar-refractivity contribution in [3.63, 3.8) is 0 Å². The van der Waals surface area contributed by atoms with Crippen LogP contribution in [0.15, 0.2) is 11.6 Å². The monoisotopic (exact) mass is 283 g/mol. The Balaban J connectivity index is 2.06. The van der Waals surface area contributed by atoms with Crippen LogP contribution >= 0.6 is 11.3 Å². The zero-order chi connectivity index (χ0) is 13.9. The minimum atomic E-state index is 0.524. The molecule has 2 atom stereocenters. The summed E-state index contributed by atoms with van der Waals surface area (Å²) in [4.78, 5) is 4.36. The van der Waals surface area contributed by atoms with Crippen LogP contribution in [-0.2, 0) is 0 Å². The van der Waals surface area contributed by atoms with E-state index < -0.39 is 0 Å². The fraction of sp³-hybridized carbons (Fsp3) is 0.800. The highest BCUT2D eigenvalue weighted by atomic mass is 32.1. The number of nitrogens with two attached hydrogens (primary N) is 1. The summed E-state index contributed by atoms with van der Waals surface area (Å²) in [6.45, 7) is 7.47. The van der Waals surface area contributed by atoms with E-state index in [9.17, 15) is 0 Å². The number of nitrogens with zero attached hydrogens (tertiary/aromatic N) is 1. The van der Waals surface area contributed by atoms with Gasteiger partial charge in [-0.1, -0.05) is 26.7 Å². The van der Waals surface area contributed by atoms with Gasteiger partial charge in [0, 0.05) is 24.0 Å². The Morgan fingerprint density at radius 3 is 2.84 bits per heavy atom. The third-order valence-electron chi connectivity index (χ3n) is 3.56. The molecule has 0 aliphatic carbocycles. The first kappa shape index (κ1) is 16.6. The first-order valence-electron chi connectivity index (χ1n) is 7.58. The summed E-state index contributed by atoms with van der Waals surface area (Å²) in [5.41, 5.74) is 5.66. The molecule has 1 aromatic heterocycles. The van der Waals surface area contributed by atoms with Crippen LogP contribution in [0.1, 0.15) is 56.9 Å². The molecular formula is C15H29N3S. The van der Waals surface area contributed by atoms with Crippen LogP contribution in [0.3, 0.4) is 0 Å². The predicted molar refractivity (Wildman–Crippen MR) is 84.7 cm³/mol. The summed E-state index contributed by atoms with van der Waals surface area (Å²) in [5, 5.41) is 6.83. The summed E-state index contributed by atoms with van der Waals surface area (Å²) >= 11 is 1.75. The summed E-state index contributed by atoms with van der Waals surface area (Å²) in [5.74, 6) is 1.35. The van der Waals surface area contributed by atoms with E-state index in [1.54, 1.807) is 11.3 Å². The van der Waals surface area contributed by atoms with Gasteiger partial charge in [-0.3, -0.25) is 0 Å². The molecule has 4 heteroatoms. The summed E-state index contributed by atoms with van der Waals surface area (Å²) in [7, 11) is 0. The maximum atomic E-state index is 5.66. The fourth-order valence-corrected chi connectivity index (χ4v) is 3.17. The van der Waals surface area contributed by atoms with E-state index in [1.807, 2.05) is 11.6 Å². The van der Waals surface area contributed by atoms with Crippen molar-refractivity contribution in [1.29, 1.82) is 0 Å². The maximum absolute atomic E-state index is 5.66. The minimum absolute atomic E-state index is 0.524. The van der Waals surface area contributed by atoms with Gasteiger partial charge >= 0.3 is 0 Å². The van der Waals surface area contributed by atoms with Crippen LogP contribution in [0.25, 0.3) is 0 Å². The first-order valence-corrected chi connectivity index (χ1v) is 8.46. The molecule has 19 heavy (non-hydrogen) atoms. The SMILES string of the molecule is CCCC(CCN)CCCNCC(C)c1nccs1. The molecule has 0 radical (unpaired) electrons. The van der Waals surface area contributed by atoms with Crippen molar-refractivity contribution >= 4 is 11.3 Å². The fourth-order valence-electron chi connectivity index (χ4n) is 2.48. The molecule has 1 rings (SSSR count). The van der Waals surface area contributed by atoms with Crippen molar-refractivity contribution in [2.75, 3.05) is 19.6 Å². The highest BCUT2D eigenvalue weighted by Gasteiger charge is 2.08. The van der Waals surface area contributed by atoms with Gasteiger partial charge in [0.2, 0.25) is 0 Å². The highest BCUT2D eigenvalue weighted by molar-refractivity contribution is 7.09. The van der Waals surface area contributed by atoms with Gasteiger partial charge in [0.15, 0.2) is 0 Å². The Hall–Kier alpha value is -0.450. The van der Waals surface area contributed by atoms with Crippen LogP contribution in [0.5, 0.6) is 0 Å². The Kier molecular flexibility index (Phi) is 9.05. The second-order valence-electron chi connectivity index (χ2n) is 5.35. The lowest BCUT2D eigenvalue weighted by Crippen LogP contribution is -2.22. The molecule has 1 heterocycles. The number of aromatic nitrogens is 1. The van der Waals surface area contributed by atoms with Crippen molar-refractivity contribution in [2.45, 2.75) is 51.9 Å². The third-order valence-corrected chi connectivity index (χ3v) is 4.57. The summed E-state index contributed by atoms with van der Waals surface area (Å²) in [6.07, 6.45) is 8.24. The van der Waals surface area contributed by atoms with E-state index in [2.05, 4.69) is 24.1 Å². The molecule has 0 aliphatic rings. The van der Waals surface area contributed by atoms with E-state index in [1.165, 1.54) is 37.1 Å². The predicted octanol–water partition coefficient (Wildman–Crippen LogP) is 3.38. The highest BCUT2D eigenvalue weighted by Crippen LogP contribution is 2.18. The Morgan fingerprint density at radius 2 is 2.21 bits per heavy atom. The van der Waals surface area contributed by atoms with Crippen molar-refractivity contribution in [2.24, 2.45) is 11.7 Å². The molecule has 0 spiro atoms. The largest absolute Gasteiger partial charge is 0.330 e. The molecule has 0 amide bonds. The first-order chi connectivity index (χ1) is 9.27. The Labute approximate surface area is 122 Å². The topological polar surface area (TPSA) is 50.9 Å². The zero-order valence-electron chi connectivity index (χ0n) is 12.4. The second-order valence-corrected chi connectivity index (χ2v) is 6.28. The van der Waals surface area contributed by atoms with E-state index in [4.69, 9.17) is 5.73 Å². The zero-order valence-corrected chi connectivity index (χ0v) is 13.2. The van der Waals surface area contributed by atoms with Crippen LogP contribution < -0.4 is 11.1 Å². The average Bonchev–Trinajstić information content (AvgIpc) is 2.92. The molecule has 110 valence electrons. The number of rotatable bonds is 11. The lowest BCUT2D eigenvalue weighted by molar-refractivity contribution is 0.402. The van der Waals surface area contributed by atoms with Crippen LogP contribution in [0, 0.1) is 5.92 Å². The molecule has 2 unspecified atom stereocenters. The van der Waals surface area contributed by atoms with Gasteiger partial charge in [-0.05, 0) is 38.3 Å². The van der Waals surface area contributed by atoms with E-state index in [-0.39, 0.29) is 0 Å². The Bertz CT molecular complexity index is 294. The quantitative estimate of drug-likeness (QED) is 0.612. The standard InChI is InChI=1S/C15H29N3S/c1-3-5-14(7-8-16)6-4-9-17-12-13(2)15-18-10-11-19-15/h10-11,13-14,17H,3-9,12,16H2,1-2H3. The van der Waals surface area contributed by atoms with Crippen molar-refractivity contribution < 1.29 is 0 Å². The summed E-state index contributed by atoms with van der Waals surface area (Å²) < 4.78 is 0. The molecule has 1 aromatic rings. The molecule has 0 saturated carbocycles. The van der Waals surface area contributed by atoms with Crippen molar-refractivity contribution in [3.05, 3.63) is 16.6 Å². The molecule has 0 aliphatic heterocycles. The number of hydrogen-bond acceptors (Lipinski definition) is 4. The molecular weight excluding hydrogens is 254 g/mol. The maximum Gasteiger partial charge on any atom is 0.0965 e. The van der Waals surface area contributed by atoms with Crippen molar-refractivity contribution in [3.8, 4) is 0 Å². The second kappa shape index (κ2) is 10.4. The third kappa shape index (κ3) is 7.04. The number of hydrogen-bond donors (Lipinski definition) is 2. The summed E-state index contributed by atoms with van der Waals surface area (Å²) in [6, 6.07) is 0. The smallest absolute Gasteiger partial charge is 0.0965 e. The molecule has 0 fully saturated rings. The van der Waals surface area contributed by atoms with Crippen LogP contribution in [0.2, 0.25) is 0 Å². The molecule has 3 N–H and O–H groups in total. The van der Waals surface area contributed by atoms with Gasteiger partial charge < -0.3 is 11.1 Å². The minimum Gasteiger partial charge on any atom is -0.330 e. The van der Waals surface area contributed by atoms with E-state index in [0.717, 1.165) is 25.6 Å². The molecule has 0 saturated heterocycles. The van der Waals surface area contributed by atoms with Gasteiger partial charge in [0.05, 0.1) is 5.01 Å². The number of thiazole rings is 1. The van der Waals surface area contributed by atoms with Crippen molar-refractivity contribution in [1.82, 2.24) is 10.3 Å². The van der Waals surface area contributed by atoms with Crippen LogP contribution in [-0.4, -0.2) is 24.6 Å². The lowest BCUT2D eigenvalue weighted by Gasteiger charge is -2.15. The van der Waals surface area contributed by atoms with Gasteiger partial charge in [-0.15, -0.1) is 11.3 Å². The molecule has 3 nitrogen and oxygen atoms in total. The lowest BCUT2D eigenvalue weighted by atomic mass is 9.94. The van der Waals surface area contributed by atoms with Gasteiger partial charge in [0.1, 0.15) is 0 Å². The van der Waals surface area contributed by atoms with Crippen LogP contribution in [0.4, 0.5) is 0 Å². The van der Waals surface area contributed by atoms with Gasteiger partial charge in [0.25, 0.3) is 0 Å². The molecule has 0 bridgehead atoms. The average molecular weight is 283 g/mol. The van der Waals surface area contributed by atoms with Gasteiger partial charge in [-0.2, -0.15) is 0 Å². The van der Waals surface area contributed by atoms with Gasteiger partial charge in [-0.25, -0.2) is 4.98 Å². The number of nitrogens with one attached hydrogen (secondary N) is 1. The van der Waals surface area contributed by atoms with E-state index >= 15 is 0 Å². The normalized spacial score (nSPS) is 14.5. The van der Waals surface area contributed by atoms with E-state index in [0.29, 0.717) is 5.92 Å². The molecule has 0 aromatic carbocycles.